The molecule has 1 N–H and O–H groups in total. The van der Waals surface area contributed by atoms with E-state index in [4.69, 9.17) is 9.15 Å². The average Bonchev–Trinajstić information content (AvgIpc) is 2.77. The number of nitrogens with one attached hydrogen (secondary N) is 1. The molecule has 0 spiro atoms. The smallest absolute Gasteiger partial charge is 0.294 e. The number of ether oxygens (including phenoxy) is 1. The van der Waals surface area contributed by atoms with Crippen LogP contribution < -0.4 is 10.1 Å². The second-order valence-electron chi connectivity index (χ2n) is 3.87. The summed E-state index contributed by atoms with van der Waals surface area (Å²) in [6.07, 6.45) is 2.41. The fraction of sp³-hybridized carbons (Fsp3) is 0.308. The van der Waals surface area contributed by atoms with Crippen LogP contribution in [0.1, 0.15) is 16.9 Å². The Kier molecular flexibility index (Phi) is 3.32. The molecule has 90 valence electrons. The van der Waals surface area contributed by atoms with Crippen LogP contribution in [0.15, 0.2) is 28.8 Å². The summed E-state index contributed by atoms with van der Waals surface area (Å²) in [7, 11) is 3.45. The summed E-state index contributed by atoms with van der Waals surface area (Å²) in [4.78, 5) is 4.09. The zero-order valence-electron chi connectivity index (χ0n) is 10.3. The van der Waals surface area contributed by atoms with Crippen LogP contribution in [0.4, 0.5) is 6.01 Å². The molecule has 0 unspecified atom stereocenters. The van der Waals surface area contributed by atoms with Gasteiger partial charge in [0.1, 0.15) is 11.5 Å². The normalized spacial score (nSPS) is 10.3. The molecule has 1 aromatic carbocycles. The lowest BCUT2D eigenvalue weighted by molar-refractivity contribution is 0.408. The monoisotopic (exact) mass is 232 g/mol. The highest BCUT2D eigenvalue weighted by molar-refractivity contribution is 5.39. The van der Waals surface area contributed by atoms with Gasteiger partial charge in [-0.3, -0.25) is 0 Å². The number of benzene rings is 1. The molecule has 2 rings (SSSR count). The molecule has 0 saturated carbocycles. The number of aryl methyl sites for hydroxylation is 1. The maximum absolute atomic E-state index is 5.50. The molecule has 1 aromatic heterocycles. The second-order valence-corrected chi connectivity index (χ2v) is 3.87. The van der Waals surface area contributed by atoms with Crippen molar-refractivity contribution in [3.8, 4) is 5.75 Å². The molecule has 4 heteroatoms. The maximum atomic E-state index is 5.50. The van der Waals surface area contributed by atoms with E-state index in [1.165, 1.54) is 5.56 Å². The van der Waals surface area contributed by atoms with Gasteiger partial charge in [-0.25, -0.2) is 4.98 Å². The van der Waals surface area contributed by atoms with Gasteiger partial charge in [-0.15, -0.1) is 0 Å². The van der Waals surface area contributed by atoms with Crippen LogP contribution in [0.25, 0.3) is 0 Å². The van der Waals surface area contributed by atoms with Gasteiger partial charge >= 0.3 is 0 Å². The molecule has 0 aliphatic carbocycles. The molecule has 0 fully saturated rings. The van der Waals surface area contributed by atoms with Crippen molar-refractivity contribution in [2.75, 3.05) is 19.5 Å². The number of hydrogen-bond donors (Lipinski definition) is 1. The lowest BCUT2D eigenvalue weighted by atomic mass is 10.1. The van der Waals surface area contributed by atoms with Crippen molar-refractivity contribution >= 4 is 6.01 Å². The molecule has 0 atom stereocenters. The van der Waals surface area contributed by atoms with Gasteiger partial charge in [-0.2, -0.15) is 0 Å². The molecule has 0 aliphatic rings. The molecular formula is C13H16N2O2. The van der Waals surface area contributed by atoms with Gasteiger partial charge in [-0.1, -0.05) is 17.7 Å². The first kappa shape index (κ1) is 11.5. The van der Waals surface area contributed by atoms with Crippen molar-refractivity contribution < 1.29 is 9.15 Å². The predicted molar refractivity (Wildman–Crippen MR) is 66.6 cm³/mol. The van der Waals surface area contributed by atoms with E-state index < -0.39 is 0 Å². The van der Waals surface area contributed by atoms with Crippen LogP contribution in [0, 0.1) is 6.92 Å². The van der Waals surface area contributed by atoms with Gasteiger partial charge in [-0.05, 0) is 13.0 Å². The Labute approximate surface area is 101 Å². The Balaban J connectivity index is 2.25. The van der Waals surface area contributed by atoms with Crippen LogP contribution in [0.3, 0.4) is 0 Å². The van der Waals surface area contributed by atoms with E-state index in [1.807, 2.05) is 12.1 Å². The largest absolute Gasteiger partial charge is 0.496 e. The van der Waals surface area contributed by atoms with Gasteiger partial charge in [0, 0.05) is 19.0 Å². The van der Waals surface area contributed by atoms with E-state index in [0.29, 0.717) is 12.4 Å². The number of anilines is 1. The van der Waals surface area contributed by atoms with Crippen molar-refractivity contribution in [3.63, 3.8) is 0 Å². The third-order valence-corrected chi connectivity index (χ3v) is 2.57. The second kappa shape index (κ2) is 4.91. The number of oxazole rings is 1. The van der Waals surface area contributed by atoms with Gasteiger partial charge < -0.3 is 14.5 Å². The lowest BCUT2D eigenvalue weighted by Gasteiger charge is -2.07. The number of aromatic nitrogens is 1. The van der Waals surface area contributed by atoms with Gasteiger partial charge in [0.25, 0.3) is 6.01 Å². The summed E-state index contributed by atoms with van der Waals surface area (Å²) in [5.41, 5.74) is 2.31. The predicted octanol–water partition coefficient (Wildman–Crippen LogP) is 2.62. The summed E-state index contributed by atoms with van der Waals surface area (Å²) in [5, 5.41) is 2.86. The Hall–Kier alpha value is -1.97. The summed E-state index contributed by atoms with van der Waals surface area (Å²) in [6, 6.07) is 6.63. The van der Waals surface area contributed by atoms with Crippen LogP contribution in [0.2, 0.25) is 0 Å². The van der Waals surface area contributed by atoms with Crippen LogP contribution in [0.5, 0.6) is 5.75 Å². The van der Waals surface area contributed by atoms with Gasteiger partial charge in [0.15, 0.2) is 0 Å². The Morgan fingerprint density at radius 1 is 1.41 bits per heavy atom. The zero-order chi connectivity index (χ0) is 12.3. The Bertz CT molecular complexity index is 506. The minimum atomic E-state index is 0.534. The van der Waals surface area contributed by atoms with Crippen molar-refractivity contribution in [2.24, 2.45) is 0 Å². The van der Waals surface area contributed by atoms with Crippen molar-refractivity contribution in [2.45, 2.75) is 13.3 Å². The van der Waals surface area contributed by atoms with Crippen molar-refractivity contribution in [1.82, 2.24) is 4.98 Å². The summed E-state index contributed by atoms with van der Waals surface area (Å²) in [6.45, 7) is 2.06. The quantitative estimate of drug-likeness (QED) is 0.880. The summed E-state index contributed by atoms with van der Waals surface area (Å²) >= 11 is 0. The third-order valence-electron chi connectivity index (χ3n) is 2.57. The summed E-state index contributed by atoms with van der Waals surface area (Å²) < 4.78 is 10.8. The number of hydrogen-bond acceptors (Lipinski definition) is 4. The highest BCUT2D eigenvalue weighted by Gasteiger charge is 2.08. The third kappa shape index (κ3) is 2.58. The molecule has 4 nitrogen and oxygen atoms in total. The highest BCUT2D eigenvalue weighted by Crippen LogP contribution is 2.23. The molecule has 0 aliphatic heterocycles. The molecule has 0 amide bonds. The van der Waals surface area contributed by atoms with E-state index in [9.17, 15) is 0 Å². The van der Waals surface area contributed by atoms with Crippen LogP contribution in [-0.2, 0) is 6.42 Å². The molecule has 17 heavy (non-hydrogen) atoms. The molecule has 0 saturated heterocycles. The zero-order valence-corrected chi connectivity index (χ0v) is 10.3. The fourth-order valence-electron chi connectivity index (χ4n) is 1.74. The van der Waals surface area contributed by atoms with Gasteiger partial charge in [0.2, 0.25) is 0 Å². The molecule has 0 bridgehead atoms. The average molecular weight is 232 g/mol. The first-order chi connectivity index (χ1) is 8.22. The van der Waals surface area contributed by atoms with Crippen molar-refractivity contribution in [3.05, 3.63) is 41.3 Å². The van der Waals surface area contributed by atoms with Crippen molar-refractivity contribution in [1.29, 1.82) is 0 Å². The Morgan fingerprint density at radius 3 is 2.88 bits per heavy atom. The fourth-order valence-corrected chi connectivity index (χ4v) is 1.74. The highest BCUT2D eigenvalue weighted by atomic mass is 16.5. The van der Waals surface area contributed by atoms with E-state index in [-0.39, 0.29) is 0 Å². The van der Waals surface area contributed by atoms with E-state index in [2.05, 4.69) is 23.3 Å². The van der Waals surface area contributed by atoms with E-state index >= 15 is 0 Å². The molecule has 2 aromatic rings. The lowest BCUT2D eigenvalue weighted by Crippen LogP contribution is -1.93. The number of methoxy groups -OCH3 is 1. The Morgan fingerprint density at radius 2 is 2.24 bits per heavy atom. The minimum Gasteiger partial charge on any atom is -0.496 e. The number of nitrogens with zero attached hydrogens (tertiary/aromatic N) is 1. The van der Waals surface area contributed by atoms with Crippen LogP contribution in [-0.4, -0.2) is 19.1 Å². The maximum Gasteiger partial charge on any atom is 0.294 e. The van der Waals surface area contributed by atoms with Crippen LogP contribution >= 0.6 is 0 Å². The molecule has 1 heterocycles. The first-order valence-electron chi connectivity index (χ1n) is 5.49. The SMILES string of the molecule is CNc1ncc(Cc2cc(C)ccc2OC)o1. The summed E-state index contributed by atoms with van der Waals surface area (Å²) in [5.74, 6) is 1.69. The number of rotatable bonds is 4. The molecular weight excluding hydrogens is 216 g/mol. The topological polar surface area (TPSA) is 47.3 Å². The van der Waals surface area contributed by atoms with E-state index in [0.717, 1.165) is 17.1 Å². The van der Waals surface area contributed by atoms with Gasteiger partial charge in [0.05, 0.1) is 13.3 Å². The molecule has 0 radical (unpaired) electrons. The standard InChI is InChI=1S/C13H16N2O2/c1-9-4-5-12(16-3)10(6-9)7-11-8-15-13(14-2)17-11/h4-6,8H,7H2,1-3H3,(H,14,15). The minimum absolute atomic E-state index is 0.534. The first-order valence-corrected chi connectivity index (χ1v) is 5.49. The van der Waals surface area contributed by atoms with E-state index in [1.54, 1.807) is 20.4 Å².